The molecule has 0 bridgehead atoms. The van der Waals surface area contributed by atoms with Gasteiger partial charge in [0, 0.05) is 12.8 Å². The Balaban J connectivity index is 4.26. The summed E-state index contributed by atoms with van der Waals surface area (Å²) in [5, 5.41) is 11.8. The molecule has 0 amide bonds. The molecule has 0 heterocycles. The number of nitrogens with zero attached hydrogens (tertiary/aromatic N) is 1. The molecular formula is C74H125NO8. The molecule has 0 saturated heterocycles. The van der Waals surface area contributed by atoms with E-state index in [1.165, 1.54) is 141 Å². The van der Waals surface area contributed by atoms with E-state index in [1.54, 1.807) is 0 Å². The van der Waals surface area contributed by atoms with Crippen molar-refractivity contribution >= 4 is 17.9 Å². The van der Waals surface area contributed by atoms with Crippen molar-refractivity contribution in [2.75, 3.05) is 47.5 Å². The number of carboxylic acid groups (broad SMARTS) is 1. The van der Waals surface area contributed by atoms with Crippen LogP contribution in [0, 0.1) is 0 Å². The van der Waals surface area contributed by atoms with E-state index in [-0.39, 0.29) is 38.6 Å². The number of hydrogen-bond acceptors (Lipinski definition) is 8. The highest BCUT2D eigenvalue weighted by Gasteiger charge is 2.22. The van der Waals surface area contributed by atoms with Crippen LogP contribution < -0.4 is 5.11 Å². The minimum Gasteiger partial charge on any atom is -0.545 e. The second-order valence-electron chi connectivity index (χ2n) is 23.4. The highest BCUT2D eigenvalue weighted by atomic mass is 16.7. The van der Waals surface area contributed by atoms with E-state index in [0.717, 1.165) is 96.3 Å². The number of likely N-dealkylation sites (N-methyl/N-ethyl adjacent to an activating group) is 1. The minimum absolute atomic E-state index is 0.135. The minimum atomic E-state index is -1.64. The number of rotatable bonds is 61. The van der Waals surface area contributed by atoms with Gasteiger partial charge in [0.2, 0.25) is 0 Å². The first kappa shape index (κ1) is 78.7. The van der Waals surface area contributed by atoms with Gasteiger partial charge in [0.15, 0.2) is 12.4 Å². The number of aliphatic carboxylic acids is 1. The van der Waals surface area contributed by atoms with Crippen molar-refractivity contribution in [3.63, 3.8) is 0 Å². The molecule has 0 aromatic carbocycles. The first-order valence-electron chi connectivity index (χ1n) is 33.7. The summed E-state index contributed by atoms with van der Waals surface area (Å²) in [4.78, 5) is 37.4. The quantitative estimate of drug-likeness (QED) is 0.0195. The number of unbranched alkanes of at least 4 members (excludes halogenated alkanes) is 26. The maximum absolute atomic E-state index is 12.9. The molecule has 0 N–H and O–H groups in total. The molecule has 2 atom stereocenters. The number of esters is 2. The third kappa shape index (κ3) is 65.1. The summed E-state index contributed by atoms with van der Waals surface area (Å²) >= 11 is 0. The largest absolute Gasteiger partial charge is 0.545 e. The predicted molar refractivity (Wildman–Crippen MR) is 352 cm³/mol. The van der Waals surface area contributed by atoms with E-state index < -0.39 is 24.3 Å². The maximum Gasteiger partial charge on any atom is 0.306 e. The molecule has 0 spiro atoms. The van der Waals surface area contributed by atoms with Gasteiger partial charge in [0.25, 0.3) is 0 Å². The SMILES string of the molecule is CC/C=C\C/C=C\C/C=C\C/C=C\C/C=C\C/C=C\C/C=C\C/C=C\C/C=C\CCCCCC(=O)OC(COC(=O)CCCCCCCCCCCCCCCCC/C=C\CCCCCCCCCC)COC(OCC[N+](C)(C)C)C(=O)[O-]. The molecule has 0 aliphatic carbocycles. The number of carboxylic acids is 1. The van der Waals surface area contributed by atoms with Gasteiger partial charge in [-0.15, -0.1) is 0 Å². The molecule has 474 valence electrons. The van der Waals surface area contributed by atoms with Crippen LogP contribution in [0.3, 0.4) is 0 Å². The Hall–Kier alpha value is -4.31. The number of carbonyl (C=O) groups excluding carboxylic acids is 3. The van der Waals surface area contributed by atoms with Crippen LogP contribution in [0.2, 0.25) is 0 Å². The van der Waals surface area contributed by atoms with Crippen molar-refractivity contribution in [1.82, 2.24) is 0 Å². The van der Waals surface area contributed by atoms with Crippen LogP contribution in [-0.4, -0.2) is 82.3 Å². The predicted octanol–water partition coefficient (Wildman–Crippen LogP) is 19.5. The number of allylic oxidation sites excluding steroid dienone is 20. The summed E-state index contributed by atoms with van der Waals surface area (Å²) in [7, 11) is 5.91. The van der Waals surface area contributed by atoms with Crippen LogP contribution in [0.1, 0.15) is 271 Å². The van der Waals surface area contributed by atoms with Crippen LogP contribution >= 0.6 is 0 Å². The van der Waals surface area contributed by atoms with E-state index in [1.807, 2.05) is 21.1 Å². The van der Waals surface area contributed by atoms with Crippen molar-refractivity contribution in [2.24, 2.45) is 0 Å². The first-order valence-corrected chi connectivity index (χ1v) is 33.7. The lowest BCUT2D eigenvalue weighted by molar-refractivity contribution is -0.870. The van der Waals surface area contributed by atoms with Gasteiger partial charge in [-0.05, 0) is 109 Å². The van der Waals surface area contributed by atoms with Crippen molar-refractivity contribution in [3.05, 3.63) is 122 Å². The lowest BCUT2D eigenvalue weighted by Gasteiger charge is -2.26. The van der Waals surface area contributed by atoms with E-state index in [9.17, 15) is 19.5 Å². The number of carbonyl (C=O) groups is 3. The summed E-state index contributed by atoms with van der Waals surface area (Å²) in [5.74, 6) is -2.33. The molecule has 9 heteroatoms. The highest BCUT2D eigenvalue weighted by Crippen LogP contribution is 2.16. The normalized spacial score (nSPS) is 13.5. The second-order valence-corrected chi connectivity index (χ2v) is 23.4. The Kier molecular flexibility index (Phi) is 60.4. The van der Waals surface area contributed by atoms with E-state index in [2.05, 4.69) is 135 Å². The number of ether oxygens (including phenoxy) is 4. The zero-order valence-electron chi connectivity index (χ0n) is 54.0. The maximum atomic E-state index is 12.9. The van der Waals surface area contributed by atoms with Crippen LogP contribution in [0.4, 0.5) is 0 Å². The molecule has 0 saturated carbocycles. The van der Waals surface area contributed by atoms with Crippen LogP contribution in [-0.2, 0) is 33.3 Å². The Bertz CT molecular complexity index is 1780. The molecule has 83 heavy (non-hydrogen) atoms. The van der Waals surface area contributed by atoms with Crippen molar-refractivity contribution in [3.8, 4) is 0 Å². The van der Waals surface area contributed by atoms with E-state index >= 15 is 0 Å². The second kappa shape index (κ2) is 63.7. The molecule has 0 aliphatic heterocycles. The molecule has 0 aromatic heterocycles. The van der Waals surface area contributed by atoms with Gasteiger partial charge >= 0.3 is 11.9 Å². The molecule has 0 aromatic rings. The number of hydrogen-bond donors (Lipinski definition) is 0. The van der Waals surface area contributed by atoms with Gasteiger partial charge < -0.3 is 33.3 Å². The van der Waals surface area contributed by atoms with Gasteiger partial charge in [-0.1, -0.05) is 270 Å². The fourth-order valence-electron chi connectivity index (χ4n) is 9.05. The molecular weight excluding hydrogens is 1030 g/mol. The lowest BCUT2D eigenvalue weighted by atomic mass is 10.0. The Morgan fingerprint density at radius 2 is 0.687 bits per heavy atom. The van der Waals surface area contributed by atoms with Crippen molar-refractivity contribution in [2.45, 2.75) is 283 Å². The zero-order chi connectivity index (χ0) is 60.5. The summed E-state index contributed by atoms with van der Waals surface area (Å²) in [6.45, 7) is 4.60. The smallest absolute Gasteiger partial charge is 0.306 e. The number of quaternary nitrogens is 1. The fraction of sp³-hybridized carbons (Fsp3) is 0.689. The van der Waals surface area contributed by atoms with Crippen LogP contribution in [0.15, 0.2) is 122 Å². The molecule has 0 radical (unpaired) electrons. The topological polar surface area (TPSA) is 111 Å². The monoisotopic (exact) mass is 1160 g/mol. The third-order valence-corrected chi connectivity index (χ3v) is 14.2. The summed E-state index contributed by atoms with van der Waals surface area (Å²) in [6.07, 6.45) is 87.0. The van der Waals surface area contributed by atoms with Gasteiger partial charge in [0.1, 0.15) is 13.2 Å². The van der Waals surface area contributed by atoms with E-state index in [4.69, 9.17) is 18.9 Å². The van der Waals surface area contributed by atoms with Gasteiger partial charge in [-0.25, -0.2) is 0 Å². The molecule has 0 rings (SSSR count). The van der Waals surface area contributed by atoms with Crippen molar-refractivity contribution in [1.29, 1.82) is 0 Å². The average molecular weight is 1160 g/mol. The van der Waals surface area contributed by atoms with Crippen molar-refractivity contribution < 1.29 is 42.9 Å². The van der Waals surface area contributed by atoms with Crippen LogP contribution in [0.25, 0.3) is 0 Å². The molecule has 9 nitrogen and oxygen atoms in total. The molecule has 2 unspecified atom stereocenters. The zero-order valence-corrected chi connectivity index (χ0v) is 54.0. The summed E-state index contributed by atoms with van der Waals surface area (Å²) < 4.78 is 22.7. The average Bonchev–Trinajstić information content (AvgIpc) is 3.46. The van der Waals surface area contributed by atoms with Gasteiger partial charge in [-0.2, -0.15) is 0 Å². The molecule has 0 aliphatic rings. The lowest BCUT2D eigenvalue weighted by Crippen LogP contribution is -2.44. The summed E-state index contributed by atoms with van der Waals surface area (Å²) in [5.41, 5.74) is 0. The fourth-order valence-corrected chi connectivity index (χ4v) is 9.05. The van der Waals surface area contributed by atoms with Crippen LogP contribution in [0.5, 0.6) is 0 Å². The summed E-state index contributed by atoms with van der Waals surface area (Å²) in [6, 6.07) is 0. The van der Waals surface area contributed by atoms with Gasteiger partial charge in [-0.3, -0.25) is 9.59 Å². The Morgan fingerprint density at radius 1 is 0.373 bits per heavy atom. The standard InChI is InChI=1S/C74H125NO8/c1-6-8-10-12-14-16-18-20-22-24-26-28-30-32-34-35-36-37-39-41-43-45-47-49-51-53-55-57-59-61-63-65-72(77)83-70(69-82-74(73(78)79)80-67-66-75(3,4)5)68-81-71(76)64-62-60-58-56-54-52-50-48-46-44-42-40-38-33-31-29-27-25-23-21-19-17-15-13-11-9-7-2/h8,10,14,16,20,22,25-28,32,34,36-37,41,43,47,49,53,55,70,74H,6-7,9,11-13,15,17-19,21,23-24,29-31,33,35,38-40,42,44-46,48,50-52,54,56-69H2,1-5H3/b10-8-,16-14-,22-20-,27-25-,28-26-,34-32-,37-36-,43-41-,49-47-,55-53-. The van der Waals surface area contributed by atoms with Gasteiger partial charge in [0.05, 0.1) is 40.3 Å². The Morgan fingerprint density at radius 3 is 1.05 bits per heavy atom. The molecule has 0 fully saturated rings. The third-order valence-electron chi connectivity index (χ3n) is 14.2. The van der Waals surface area contributed by atoms with E-state index in [0.29, 0.717) is 17.4 Å². The highest BCUT2D eigenvalue weighted by molar-refractivity contribution is 5.70. The Labute approximate surface area is 510 Å². The first-order chi connectivity index (χ1) is 40.6.